The molecule has 1 saturated carbocycles. The summed E-state index contributed by atoms with van der Waals surface area (Å²) >= 11 is 0. The van der Waals surface area contributed by atoms with Crippen LogP contribution >= 0.6 is 0 Å². The van der Waals surface area contributed by atoms with Crippen LogP contribution in [0.25, 0.3) is 0 Å². The Labute approximate surface area is 166 Å². The largest absolute Gasteiger partial charge is 0.504 e. The predicted octanol–water partition coefficient (Wildman–Crippen LogP) is 2.38. The van der Waals surface area contributed by atoms with Crippen LogP contribution in [0.15, 0.2) is 24.3 Å². The number of aromatic hydroxyl groups is 2. The van der Waals surface area contributed by atoms with Crippen molar-refractivity contribution in [2.24, 2.45) is 11.7 Å². The summed E-state index contributed by atoms with van der Waals surface area (Å²) in [7, 11) is 1.40. The van der Waals surface area contributed by atoms with E-state index in [0.29, 0.717) is 47.6 Å². The van der Waals surface area contributed by atoms with Crippen molar-refractivity contribution in [1.82, 2.24) is 0 Å². The van der Waals surface area contributed by atoms with Gasteiger partial charge in [0.15, 0.2) is 28.7 Å². The molecule has 2 aromatic rings. The average Bonchev–Trinajstić information content (AvgIpc) is 3.14. The molecule has 4 N–H and O–H groups in total. The standard InChI is InChI=1S/C21H21NO7/c1-26-17-6-10(5-13(24)20(17)25)18-11-7-15-16(28-9-27-15)8-14(11)29-21(22)4-2-3-12(23)19(18)21/h5-8,18-19,24-25H,2-4,9,22H2,1H3. The van der Waals surface area contributed by atoms with E-state index in [1.54, 1.807) is 18.2 Å². The number of fused-ring (bicyclic) bond motifs is 3. The van der Waals surface area contributed by atoms with Crippen molar-refractivity contribution < 1.29 is 34.0 Å². The molecule has 2 heterocycles. The van der Waals surface area contributed by atoms with Gasteiger partial charge in [-0.25, -0.2) is 0 Å². The molecule has 8 heteroatoms. The van der Waals surface area contributed by atoms with E-state index in [1.807, 2.05) is 0 Å². The van der Waals surface area contributed by atoms with E-state index in [9.17, 15) is 15.0 Å². The van der Waals surface area contributed by atoms with E-state index in [-0.39, 0.29) is 29.8 Å². The van der Waals surface area contributed by atoms with Gasteiger partial charge in [0.1, 0.15) is 11.5 Å². The third kappa shape index (κ3) is 2.59. The second kappa shape index (κ2) is 6.18. The molecule has 3 aliphatic rings. The summed E-state index contributed by atoms with van der Waals surface area (Å²) in [4.78, 5) is 13.0. The van der Waals surface area contributed by atoms with Crippen molar-refractivity contribution in [3.8, 4) is 34.5 Å². The summed E-state index contributed by atoms with van der Waals surface area (Å²) in [6.45, 7) is 0.104. The molecular weight excluding hydrogens is 378 g/mol. The van der Waals surface area contributed by atoms with E-state index in [0.717, 1.165) is 0 Å². The molecule has 0 spiro atoms. The lowest BCUT2D eigenvalue weighted by Crippen LogP contribution is -2.61. The van der Waals surface area contributed by atoms with Gasteiger partial charge in [0.05, 0.1) is 13.0 Å². The lowest BCUT2D eigenvalue weighted by atomic mass is 9.66. The van der Waals surface area contributed by atoms with Gasteiger partial charge in [-0.2, -0.15) is 0 Å². The Morgan fingerprint density at radius 1 is 1.14 bits per heavy atom. The average molecular weight is 399 g/mol. The molecule has 3 unspecified atom stereocenters. The van der Waals surface area contributed by atoms with Gasteiger partial charge in [-0.05, 0) is 30.2 Å². The maximum atomic E-state index is 13.0. The molecule has 0 saturated heterocycles. The minimum atomic E-state index is -1.18. The molecule has 1 fully saturated rings. The fourth-order valence-corrected chi connectivity index (χ4v) is 4.68. The summed E-state index contributed by atoms with van der Waals surface area (Å²) in [6, 6.07) is 6.57. The molecule has 5 rings (SSSR count). The van der Waals surface area contributed by atoms with Crippen molar-refractivity contribution in [3.05, 3.63) is 35.4 Å². The summed E-state index contributed by atoms with van der Waals surface area (Å²) < 4.78 is 22.3. The van der Waals surface area contributed by atoms with Gasteiger partial charge in [-0.1, -0.05) is 0 Å². The molecule has 0 radical (unpaired) electrons. The van der Waals surface area contributed by atoms with Crippen LogP contribution < -0.4 is 24.7 Å². The maximum absolute atomic E-state index is 13.0. The molecule has 1 aliphatic carbocycles. The van der Waals surface area contributed by atoms with Gasteiger partial charge in [0.2, 0.25) is 12.5 Å². The van der Waals surface area contributed by atoms with Crippen LogP contribution in [-0.2, 0) is 4.79 Å². The highest BCUT2D eigenvalue weighted by atomic mass is 16.7. The predicted molar refractivity (Wildman–Crippen MR) is 101 cm³/mol. The summed E-state index contributed by atoms with van der Waals surface area (Å²) in [5.74, 6) is -0.123. The fraction of sp³-hybridized carbons (Fsp3) is 0.381. The van der Waals surface area contributed by atoms with Crippen LogP contribution in [0.5, 0.6) is 34.5 Å². The first-order chi connectivity index (χ1) is 13.9. The van der Waals surface area contributed by atoms with Gasteiger partial charge in [0, 0.05) is 30.4 Å². The number of carbonyl (C=O) groups excluding carboxylic acids is 1. The number of methoxy groups -OCH3 is 1. The van der Waals surface area contributed by atoms with Gasteiger partial charge in [-0.15, -0.1) is 0 Å². The van der Waals surface area contributed by atoms with Crippen LogP contribution in [-0.4, -0.2) is 35.6 Å². The number of benzene rings is 2. The Hall–Kier alpha value is -3.13. The lowest BCUT2D eigenvalue weighted by Gasteiger charge is -2.48. The SMILES string of the molecule is COc1cc(C2c3cc4c(cc3OC3(N)CCCC(=O)C23)OCO4)cc(O)c1O. The van der Waals surface area contributed by atoms with E-state index < -0.39 is 17.6 Å². The van der Waals surface area contributed by atoms with Gasteiger partial charge < -0.3 is 29.2 Å². The molecule has 29 heavy (non-hydrogen) atoms. The molecule has 2 aromatic carbocycles. The van der Waals surface area contributed by atoms with Crippen LogP contribution in [0.4, 0.5) is 0 Å². The summed E-state index contributed by atoms with van der Waals surface area (Å²) in [6.07, 6.45) is 1.57. The van der Waals surface area contributed by atoms with Crippen molar-refractivity contribution in [2.75, 3.05) is 13.9 Å². The van der Waals surface area contributed by atoms with Crippen molar-refractivity contribution in [1.29, 1.82) is 0 Å². The van der Waals surface area contributed by atoms with Gasteiger partial charge in [0.25, 0.3) is 0 Å². The Morgan fingerprint density at radius 2 is 1.90 bits per heavy atom. The number of ketones is 1. The fourth-order valence-electron chi connectivity index (χ4n) is 4.68. The lowest BCUT2D eigenvalue weighted by molar-refractivity contribution is -0.138. The van der Waals surface area contributed by atoms with Gasteiger partial charge >= 0.3 is 0 Å². The normalized spacial score (nSPS) is 27.0. The monoisotopic (exact) mass is 399 g/mol. The maximum Gasteiger partial charge on any atom is 0.231 e. The number of Topliss-reactive ketones (excluding diaryl/α,β-unsaturated/α-hetero) is 1. The molecular formula is C21H21NO7. The van der Waals surface area contributed by atoms with Crippen molar-refractivity contribution in [3.63, 3.8) is 0 Å². The number of hydrogen-bond donors (Lipinski definition) is 3. The number of phenolic OH excluding ortho intramolecular Hbond substituents is 2. The molecule has 0 aromatic heterocycles. The van der Waals surface area contributed by atoms with E-state index in [4.69, 9.17) is 24.7 Å². The number of nitrogens with two attached hydrogens (primary N) is 1. The zero-order valence-corrected chi connectivity index (χ0v) is 15.8. The first-order valence-corrected chi connectivity index (χ1v) is 9.45. The topological polar surface area (TPSA) is 120 Å². The Bertz CT molecular complexity index is 1020. The zero-order chi connectivity index (χ0) is 20.3. The number of ether oxygens (including phenoxy) is 4. The third-order valence-electron chi connectivity index (χ3n) is 5.99. The Balaban J connectivity index is 1.75. The van der Waals surface area contributed by atoms with Crippen LogP contribution in [0.3, 0.4) is 0 Å². The number of hydrogen-bond acceptors (Lipinski definition) is 8. The van der Waals surface area contributed by atoms with Crippen LogP contribution in [0.2, 0.25) is 0 Å². The first kappa shape index (κ1) is 17.9. The summed E-state index contributed by atoms with van der Waals surface area (Å²) in [5, 5.41) is 20.3. The molecule has 2 aliphatic heterocycles. The molecule has 152 valence electrons. The third-order valence-corrected chi connectivity index (χ3v) is 5.99. The van der Waals surface area contributed by atoms with E-state index in [1.165, 1.54) is 13.2 Å². The van der Waals surface area contributed by atoms with E-state index in [2.05, 4.69) is 0 Å². The Kier molecular flexibility index (Phi) is 3.82. The number of carbonyl (C=O) groups is 1. The van der Waals surface area contributed by atoms with E-state index >= 15 is 0 Å². The van der Waals surface area contributed by atoms with Crippen LogP contribution in [0, 0.1) is 5.92 Å². The second-order valence-electron chi connectivity index (χ2n) is 7.67. The van der Waals surface area contributed by atoms with Crippen molar-refractivity contribution >= 4 is 5.78 Å². The smallest absolute Gasteiger partial charge is 0.231 e. The molecule has 3 atom stereocenters. The Morgan fingerprint density at radius 3 is 2.66 bits per heavy atom. The highest BCUT2D eigenvalue weighted by molar-refractivity contribution is 5.86. The van der Waals surface area contributed by atoms with Crippen molar-refractivity contribution in [2.45, 2.75) is 30.9 Å². The molecule has 0 bridgehead atoms. The zero-order valence-electron chi connectivity index (χ0n) is 15.8. The minimum absolute atomic E-state index is 0.00130. The van der Waals surface area contributed by atoms with Gasteiger partial charge in [-0.3, -0.25) is 10.5 Å². The van der Waals surface area contributed by atoms with Crippen LogP contribution in [0.1, 0.15) is 36.3 Å². The quantitative estimate of drug-likeness (QED) is 0.659. The second-order valence-corrected chi connectivity index (χ2v) is 7.67. The minimum Gasteiger partial charge on any atom is -0.504 e. The molecule has 0 amide bonds. The summed E-state index contributed by atoms with van der Waals surface area (Å²) in [5.41, 5.74) is 6.75. The number of rotatable bonds is 2. The number of phenols is 2. The molecule has 8 nitrogen and oxygen atoms in total. The first-order valence-electron chi connectivity index (χ1n) is 9.45. The highest BCUT2D eigenvalue weighted by Gasteiger charge is 2.53. The highest BCUT2D eigenvalue weighted by Crippen LogP contribution is 2.55.